The lowest BCUT2D eigenvalue weighted by Gasteiger charge is -2.35. The number of nitrogens with zero attached hydrogens (tertiary/aromatic N) is 3. The standard InChI is InChI=1S/C20H32N4O/c1-14(19-11-15-4-5-16(19)10-15)22-13-17(12-21)20(25)24(3)18-6-8-23(2)9-7-18/h13-16,18-19,22H,4-11H2,1-3H3/b17-13-. The first kappa shape index (κ1) is 18.3. The van der Waals surface area contributed by atoms with Gasteiger partial charge in [-0.15, -0.1) is 0 Å². The van der Waals surface area contributed by atoms with Crippen LogP contribution in [0.3, 0.4) is 0 Å². The van der Waals surface area contributed by atoms with Crippen molar-refractivity contribution in [3.8, 4) is 6.07 Å². The van der Waals surface area contributed by atoms with Gasteiger partial charge < -0.3 is 15.1 Å². The molecule has 138 valence electrons. The molecule has 1 amide bonds. The number of nitriles is 1. The van der Waals surface area contributed by atoms with E-state index in [2.05, 4.69) is 30.3 Å². The number of carbonyl (C=O) groups is 1. The molecule has 3 rings (SSSR count). The normalized spacial score (nSPS) is 31.6. The highest BCUT2D eigenvalue weighted by Gasteiger charge is 2.41. The molecule has 1 aliphatic heterocycles. The Kier molecular flexibility index (Phi) is 5.68. The maximum absolute atomic E-state index is 12.7. The van der Waals surface area contributed by atoms with Crippen LogP contribution in [-0.2, 0) is 4.79 Å². The summed E-state index contributed by atoms with van der Waals surface area (Å²) in [6.07, 6.45) is 9.06. The zero-order chi connectivity index (χ0) is 18.0. The van der Waals surface area contributed by atoms with Crippen LogP contribution in [-0.4, -0.2) is 55.0 Å². The van der Waals surface area contributed by atoms with Gasteiger partial charge in [-0.3, -0.25) is 4.79 Å². The number of nitrogens with one attached hydrogen (secondary N) is 1. The van der Waals surface area contributed by atoms with Crippen molar-refractivity contribution in [3.63, 3.8) is 0 Å². The topological polar surface area (TPSA) is 59.4 Å². The van der Waals surface area contributed by atoms with Gasteiger partial charge in [-0.25, -0.2) is 0 Å². The molecule has 5 nitrogen and oxygen atoms in total. The highest BCUT2D eigenvalue weighted by molar-refractivity contribution is 5.97. The van der Waals surface area contributed by atoms with Gasteiger partial charge in [0.1, 0.15) is 11.6 Å². The summed E-state index contributed by atoms with van der Waals surface area (Å²) >= 11 is 0. The van der Waals surface area contributed by atoms with E-state index in [9.17, 15) is 10.1 Å². The third kappa shape index (κ3) is 4.00. The quantitative estimate of drug-likeness (QED) is 0.614. The smallest absolute Gasteiger partial charge is 0.265 e. The second-order valence-electron chi connectivity index (χ2n) is 8.41. The zero-order valence-corrected chi connectivity index (χ0v) is 15.9. The zero-order valence-electron chi connectivity index (χ0n) is 15.9. The van der Waals surface area contributed by atoms with E-state index in [-0.39, 0.29) is 17.5 Å². The summed E-state index contributed by atoms with van der Waals surface area (Å²) in [6.45, 7) is 4.21. The molecule has 2 saturated carbocycles. The molecule has 2 bridgehead atoms. The van der Waals surface area contributed by atoms with Crippen molar-refractivity contribution < 1.29 is 4.79 Å². The van der Waals surface area contributed by atoms with Crippen molar-refractivity contribution in [2.24, 2.45) is 17.8 Å². The third-order valence-electron chi connectivity index (χ3n) is 6.83. The van der Waals surface area contributed by atoms with E-state index in [1.54, 1.807) is 11.1 Å². The minimum atomic E-state index is -0.148. The van der Waals surface area contributed by atoms with Crippen molar-refractivity contribution >= 4 is 5.91 Å². The molecule has 0 aromatic rings. The molecule has 1 N–H and O–H groups in total. The summed E-state index contributed by atoms with van der Waals surface area (Å²) in [7, 11) is 3.95. The van der Waals surface area contributed by atoms with Crippen LogP contribution in [0.15, 0.2) is 11.8 Å². The Morgan fingerprint density at radius 1 is 1.28 bits per heavy atom. The van der Waals surface area contributed by atoms with Gasteiger partial charge in [-0.1, -0.05) is 6.42 Å². The molecule has 4 unspecified atom stereocenters. The number of carbonyl (C=O) groups excluding carboxylic acids is 1. The van der Waals surface area contributed by atoms with Gasteiger partial charge in [0, 0.05) is 25.3 Å². The highest BCUT2D eigenvalue weighted by Crippen LogP contribution is 2.49. The Labute approximate surface area is 152 Å². The van der Waals surface area contributed by atoms with E-state index in [0.717, 1.165) is 37.8 Å². The molecular weight excluding hydrogens is 312 g/mol. The molecule has 3 fully saturated rings. The van der Waals surface area contributed by atoms with Crippen LogP contribution < -0.4 is 5.32 Å². The summed E-state index contributed by atoms with van der Waals surface area (Å²) in [4.78, 5) is 16.8. The SMILES string of the molecule is CC(N/C=C(/C#N)C(=O)N(C)C1CCN(C)CC1)C1CC2CCC1C2. The summed E-state index contributed by atoms with van der Waals surface area (Å²) < 4.78 is 0. The monoisotopic (exact) mass is 344 g/mol. The third-order valence-corrected chi connectivity index (χ3v) is 6.83. The maximum atomic E-state index is 12.7. The second-order valence-corrected chi connectivity index (χ2v) is 8.41. The molecule has 1 heterocycles. The number of likely N-dealkylation sites (N-methyl/N-ethyl adjacent to an activating group) is 1. The Morgan fingerprint density at radius 2 is 2.00 bits per heavy atom. The first-order chi connectivity index (χ1) is 12.0. The van der Waals surface area contributed by atoms with E-state index in [1.807, 2.05) is 7.05 Å². The Morgan fingerprint density at radius 3 is 2.56 bits per heavy atom. The lowest BCUT2D eigenvalue weighted by Crippen LogP contribution is -2.45. The summed E-state index contributed by atoms with van der Waals surface area (Å²) in [5.41, 5.74) is 0.233. The van der Waals surface area contributed by atoms with Gasteiger partial charge in [-0.05, 0) is 76.9 Å². The fraction of sp³-hybridized carbons (Fsp3) is 0.800. The van der Waals surface area contributed by atoms with Crippen molar-refractivity contribution in [1.82, 2.24) is 15.1 Å². The van der Waals surface area contributed by atoms with Gasteiger partial charge in [0.05, 0.1) is 0 Å². The van der Waals surface area contributed by atoms with Crippen LogP contribution in [0.2, 0.25) is 0 Å². The van der Waals surface area contributed by atoms with E-state index < -0.39 is 0 Å². The van der Waals surface area contributed by atoms with E-state index in [4.69, 9.17) is 0 Å². The van der Waals surface area contributed by atoms with Gasteiger partial charge in [0.15, 0.2) is 0 Å². The molecule has 25 heavy (non-hydrogen) atoms. The van der Waals surface area contributed by atoms with Crippen LogP contribution in [0.1, 0.15) is 45.4 Å². The van der Waals surface area contributed by atoms with Gasteiger partial charge in [-0.2, -0.15) is 5.26 Å². The lowest BCUT2D eigenvalue weighted by atomic mass is 9.84. The van der Waals surface area contributed by atoms with E-state index >= 15 is 0 Å². The number of amides is 1. The van der Waals surface area contributed by atoms with Crippen LogP contribution in [0, 0.1) is 29.1 Å². The Balaban J connectivity index is 1.56. The number of hydrogen-bond acceptors (Lipinski definition) is 4. The minimum Gasteiger partial charge on any atom is -0.387 e. The Bertz CT molecular complexity index is 559. The van der Waals surface area contributed by atoms with Crippen LogP contribution >= 0.6 is 0 Å². The first-order valence-corrected chi connectivity index (χ1v) is 9.81. The maximum Gasteiger partial charge on any atom is 0.265 e. The first-order valence-electron chi connectivity index (χ1n) is 9.81. The summed E-state index contributed by atoms with van der Waals surface area (Å²) in [5, 5.41) is 12.8. The fourth-order valence-corrected chi connectivity index (χ4v) is 5.12. The highest BCUT2D eigenvalue weighted by atomic mass is 16.2. The molecule has 0 aromatic carbocycles. The predicted molar refractivity (Wildman–Crippen MR) is 98.5 cm³/mol. The molecule has 2 aliphatic carbocycles. The molecule has 0 spiro atoms. The number of rotatable bonds is 5. The molecule has 0 radical (unpaired) electrons. The average molecular weight is 345 g/mol. The van der Waals surface area contributed by atoms with Crippen molar-refractivity contribution in [2.75, 3.05) is 27.2 Å². The van der Waals surface area contributed by atoms with E-state index in [1.165, 1.54) is 25.7 Å². The molecule has 4 atom stereocenters. The van der Waals surface area contributed by atoms with Crippen LogP contribution in [0.4, 0.5) is 0 Å². The van der Waals surface area contributed by atoms with Crippen molar-refractivity contribution in [1.29, 1.82) is 5.26 Å². The summed E-state index contributed by atoms with van der Waals surface area (Å²) in [6, 6.07) is 2.68. The molecule has 1 saturated heterocycles. The molecule has 5 heteroatoms. The largest absolute Gasteiger partial charge is 0.387 e. The molecule has 0 aromatic heterocycles. The molecular formula is C20H32N4O. The fourth-order valence-electron chi connectivity index (χ4n) is 5.12. The minimum absolute atomic E-state index is 0.148. The Hall–Kier alpha value is -1.54. The average Bonchev–Trinajstić information content (AvgIpc) is 3.25. The van der Waals surface area contributed by atoms with Crippen LogP contribution in [0.5, 0.6) is 0 Å². The number of piperidine rings is 1. The molecule has 3 aliphatic rings. The van der Waals surface area contributed by atoms with Gasteiger partial charge >= 0.3 is 0 Å². The van der Waals surface area contributed by atoms with Crippen molar-refractivity contribution in [2.45, 2.75) is 57.5 Å². The number of hydrogen-bond donors (Lipinski definition) is 1. The van der Waals surface area contributed by atoms with Crippen LogP contribution in [0.25, 0.3) is 0 Å². The number of likely N-dealkylation sites (tertiary alicyclic amines) is 1. The van der Waals surface area contributed by atoms with Gasteiger partial charge in [0.2, 0.25) is 0 Å². The predicted octanol–water partition coefficient (Wildman–Crippen LogP) is 2.36. The summed E-state index contributed by atoms with van der Waals surface area (Å²) in [5.74, 6) is 2.29. The lowest BCUT2D eigenvalue weighted by molar-refractivity contribution is -0.128. The van der Waals surface area contributed by atoms with E-state index in [0.29, 0.717) is 12.0 Å². The van der Waals surface area contributed by atoms with Gasteiger partial charge in [0.25, 0.3) is 5.91 Å². The number of fused-ring (bicyclic) bond motifs is 2. The van der Waals surface area contributed by atoms with Crippen molar-refractivity contribution in [3.05, 3.63) is 11.8 Å². The second kappa shape index (κ2) is 7.78.